The molecular weight excluding hydrogens is 434 g/mol. The molecule has 4 aliphatic carbocycles. The van der Waals surface area contributed by atoms with Gasteiger partial charge in [-0.15, -0.1) is 0 Å². The standard InChI is InChI=1S/C25H36F2O6/c1-5-21(32)33-25(20(31)12-28)13(2)8-15-16-10-18(26)17-9-14(29)6-7-22(17,3)24(16,27)19(30)11-23(15,25)4/h13,15-19,28,30H,5-12H2,1-4H3/t13-,15-,16-,17-,18-,19-,22-,23-,24-,25+/m0/s1. The van der Waals surface area contributed by atoms with Gasteiger partial charge in [0, 0.05) is 47.8 Å². The third-order valence-electron chi connectivity index (χ3n) is 10.2. The van der Waals surface area contributed by atoms with Crippen LogP contribution >= 0.6 is 0 Å². The van der Waals surface area contributed by atoms with E-state index < -0.39 is 76.4 Å². The number of hydrogen-bond donors (Lipinski definition) is 2. The minimum atomic E-state index is -2.13. The maximum Gasteiger partial charge on any atom is 0.306 e. The van der Waals surface area contributed by atoms with Crippen molar-refractivity contribution in [1.82, 2.24) is 0 Å². The molecule has 0 saturated heterocycles. The highest BCUT2D eigenvalue weighted by Crippen LogP contribution is 2.72. The van der Waals surface area contributed by atoms with Gasteiger partial charge in [-0.3, -0.25) is 14.4 Å². The number of ketones is 2. The molecule has 0 spiro atoms. The largest absolute Gasteiger partial charge is 0.450 e. The van der Waals surface area contributed by atoms with Crippen LogP contribution in [0.15, 0.2) is 0 Å². The van der Waals surface area contributed by atoms with Gasteiger partial charge in [0.2, 0.25) is 5.78 Å². The lowest BCUT2D eigenvalue weighted by Crippen LogP contribution is -2.73. The van der Waals surface area contributed by atoms with Gasteiger partial charge in [0.15, 0.2) is 5.60 Å². The fraction of sp³-hybridized carbons (Fsp3) is 0.880. The van der Waals surface area contributed by atoms with Gasteiger partial charge in [-0.1, -0.05) is 27.7 Å². The van der Waals surface area contributed by atoms with Crippen LogP contribution in [-0.2, 0) is 19.1 Å². The van der Waals surface area contributed by atoms with E-state index >= 15 is 8.78 Å². The number of carbonyl (C=O) groups excluding carboxylic acids is 3. The molecular formula is C25H36F2O6. The molecule has 0 bridgehead atoms. The Hall–Kier alpha value is -1.41. The Morgan fingerprint density at radius 1 is 1.15 bits per heavy atom. The van der Waals surface area contributed by atoms with Crippen molar-refractivity contribution in [3.63, 3.8) is 0 Å². The summed E-state index contributed by atoms with van der Waals surface area (Å²) < 4.78 is 38.6. The summed E-state index contributed by atoms with van der Waals surface area (Å²) in [6.07, 6.45) is -2.59. The molecule has 4 fully saturated rings. The number of halogens is 2. The van der Waals surface area contributed by atoms with E-state index in [2.05, 4.69) is 0 Å². The number of rotatable bonds is 4. The SMILES string of the molecule is CCC(=O)O[C@@]1(C(=O)CO)[C@@H](C)C[C@H]2[C@@H]3C[C@H](F)[C@@H]4CC(=O)CC[C@]4(C)[C@@]3(F)[C@@H](O)C[C@@]21C. The number of aliphatic hydroxyl groups excluding tert-OH is 2. The van der Waals surface area contributed by atoms with Crippen molar-refractivity contribution in [2.75, 3.05) is 6.61 Å². The van der Waals surface area contributed by atoms with Crippen LogP contribution in [0.1, 0.15) is 72.6 Å². The van der Waals surface area contributed by atoms with Gasteiger partial charge in [0.05, 0.1) is 6.10 Å². The van der Waals surface area contributed by atoms with E-state index in [0.717, 1.165) is 0 Å². The van der Waals surface area contributed by atoms with Gasteiger partial charge in [0.1, 0.15) is 24.2 Å². The summed E-state index contributed by atoms with van der Waals surface area (Å²) in [6, 6.07) is 0. The molecule has 33 heavy (non-hydrogen) atoms. The second-order valence-corrected chi connectivity index (χ2v) is 11.4. The summed E-state index contributed by atoms with van der Waals surface area (Å²) in [6.45, 7) is 5.87. The lowest BCUT2D eigenvalue weighted by Gasteiger charge is -2.65. The smallest absolute Gasteiger partial charge is 0.306 e. The number of esters is 1. The van der Waals surface area contributed by atoms with E-state index in [-0.39, 0.29) is 44.3 Å². The zero-order valence-corrected chi connectivity index (χ0v) is 19.9. The van der Waals surface area contributed by atoms with Crippen molar-refractivity contribution in [2.24, 2.45) is 34.5 Å². The molecule has 0 aromatic carbocycles. The summed E-state index contributed by atoms with van der Waals surface area (Å²) in [5, 5.41) is 21.2. The summed E-state index contributed by atoms with van der Waals surface area (Å²) in [5.74, 6) is -4.11. The van der Waals surface area contributed by atoms with Crippen LogP contribution in [0.4, 0.5) is 8.78 Å². The van der Waals surface area contributed by atoms with Crippen LogP contribution in [-0.4, -0.2) is 57.9 Å². The zero-order chi connectivity index (χ0) is 24.6. The molecule has 186 valence electrons. The highest BCUT2D eigenvalue weighted by Gasteiger charge is 2.78. The van der Waals surface area contributed by atoms with E-state index in [1.807, 2.05) is 0 Å². The van der Waals surface area contributed by atoms with E-state index in [4.69, 9.17) is 4.74 Å². The molecule has 4 rings (SSSR count). The first-order chi connectivity index (χ1) is 15.3. The number of ether oxygens (including phenoxy) is 1. The molecule has 0 amide bonds. The number of aliphatic hydroxyl groups is 2. The van der Waals surface area contributed by atoms with Gasteiger partial charge < -0.3 is 14.9 Å². The quantitative estimate of drug-likeness (QED) is 0.613. The minimum Gasteiger partial charge on any atom is -0.450 e. The first kappa shape index (κ1) is 24.7. The Bertz CT molecular complexity index is 864. The number of fused-ring (bicyclic) bond motifs is 5. The first-order valence-corrected chi connectivity index (χ1v) is 12.2. The topological polar surface area (TPSA) is 101 Å². The third-order valence-corrected chi connectivity index (χ3v) is 10.2. The van der Waals surface area contributed by atoms with Crippen molar-refractivity contribution in [3.05, 3.63) is 0 Å². The molecule has 0 aliphatic heterocycles. The second kappa shape index (κ2) is 7.80. The lowest BCUT2D eigenvalue weighted by molar-refractivity contribution is -0.267. The highest BCUT2D eigenvalue weighted by molar-refractivity contribution is 5.92. The molecule has 10 atom stereocenters. The molecule has 4 aliphatic rings. The Morgan fingerprint density at radius 3 is 2.42 bits per heavy atom. The third kappa shape index (κ3) is 2.92. The molecule has 6 nitrogen and oxygen atoms in total. The van der Waals surface area contributed by atoms with E-state index in [0.29, 0.717) is 6.42 Å². The Balaban J connectivity index is 1.84. The van der Waals surface area contributed by atoms with Crippen LogP contribution in [0.2, 0.25) is 0 Å². The summed E-state index contributed by atoms with van der Waals surface area (Å²) in [7, 11) is 0. The van der Waals surface area contributed by atoms with Gasteiger partial charge in [-0.25, -0.2) is 8.78 Å². The van der Waals surface area contributed by atoms with Crippen LogP contribution in [0.5, 0.6) is 0 Å². The van der Waals surface area contributed by atoms with E-state index in [9.17, 15) is 24.6 Å². The molecule has 0 unspecified atom stereocenters. The van der Waals surface area contributed by atoms with Crippen molar-refractivity contribution in [3.8, 4) is 0 Å². The van der Waals surface area contributed by atoms with Gasteiger partial charge in [-0.2, -0.15) is 0 Å². The fourth-order valence-corrected chi connectivity index (χ4v) is 8.59. The molecule has 2 N–H and O–H groups in total. The number of Topliss-reactive ketones (excluding diaryl/α,β-unsaturated/α-hetero) is 2. The van der Waals surface area contributed by atoms with Gasteiger partial charge in [-0.05, 0) is 31.6 Å². The fourth-order valence-electron chi connectivity index (χ4n) is 8.59. The molecule has 0 radical (unpaired) electrons. The average Bonchev–Trinajstić information content (AvgIpc) is 2.98. The molecule has 0 heterocycles. The normalized spacial score (nSPS) is 51.3. The van der Waals surface area contributed by atoms with Gasteiger partial charge >= 0.3 is 5.97 Å². The van der Waals surface area contributed by atoms with Crippen molar-refractivity contribution >= 4 is 17.5 Å². The molecule has 0 aromatic rings. The minimum absolute atomic E-state index is 0.0211. The highest BCUT2D eigenvalue weighted by atomic mass is 19.1. The van der Waals surface area contributed by atoms with Crippen molar-refractivity contribution in [2.45, 2.75) is 96.2 Å². The van der Waals surface area contributed by atoms with Crippen LogP contribution in [0, 0.1) is 34.5 Å². The van der Waals surface area contributed by atoms with Gasteiger partial charge in [0.25, 0.3) is 0 Å². The summed E-state index contributed by atoms with van der Waals surface area (Å²) >= 11 is 0. The van der Waals surface area contributed by atoms with Crippen molar-refractivity contribution < 1.29 is 38.1 Å². The lowest BCUT2D eigenvalue weighted by atomic mass is 9.41. The Labute approximate surface area is 193 Å². The van der Waals surface area contributed by atoms with Crippen LogP contribution < -0.4 is 0 Å². The zero-order valence-electron chi connectivity index (χ0n) is 19.9. The van der Waals surface area contributed by atoms with Crippen LogP contribution in [0.25, 0.3) is 0 Å². The second-order valence-electron chi connectivity index (χ2n) is 11.4. The van der Waals surface area contributed by atoms with Crippen LogP contribution in [0.3, 0.4) is 0 Å². The summed E-state index contributed by atoms with van der Waals surface area (Å²) in [4.78, 5) is 37.7. The van der Waals surface area contributed by atoms with E-state index in [1.165, 1.54) is 0 Å². The maximum absolute atomic E-state index is 17.3. The predicted molar refractivity (Wildman–Crippen MR) is 115 cm³/mol. The number of alkyl halides is 2. The summed E-state index contributed by atoms with van der Waals surface area (Å²) in [5.41, 5.74) is -6.21. The molecule has 4 saturated carbocycles. The Kier molecular flexibility index (Phi) is 5.84. The Morgan fingerprint density at radius 2 is 1.82 bits per heavy atom. The van der Waals surface area contributed by atoms with Crippen molar-refractivity contribution in [1.29, 1.82) is 0 Å². The first-order valence-electron chi connectivity index (χ1n) is 12.2. The van der Waals surface area contributed by atoms with E-state index in [1.54, 1.807) is 27.7 Å². The number of hydrogen-bond acceptors (Lipinski definition) is 6. The maximum atomic E-state index is 17.3. The number of carbonyl (C=O) groups is 3. The molecule has 0 aromatic heterocycles. The monoisotopic (exact) mass is 470 g/mol. The average molecular weight is 471 g/mol. The predicted octanol–water partition coefficient (Wildman–Crippen LogP) is 3.11. The molecule has 8 heteroatoms.